The molecule has 0 aliphatic rings. The van der Waals surface area contributed by atoms with E-state index in [9.17, 15) is 18.7 Å². The molecule has 0 heterocycles. The number of esters is 1. The first-order valence-electron chi connectivity index (χ1n) is 11.7. The lowest BCUT2D eigenvalue weighted by atomic mass is 10.0. The largest absolute Gasteiger partial charge is 0.508 e. The average molecular weight is 483 g/mol. The highest BCUT2D eigenvalue weighted by molar-refractivity contribution is 5.73. The highest BCUT2D eigenvalue weighted by atomic mass is 19.1. The Morgan fingerprint density at radius 2 is 1.71 bits per heavy atom. The number of aromatic hydroxyl groups is 1. The minimum atomic E-state index is -0.734. The molecule has 0 saturated heterocycles. The molecule has 3 rings (SSSR count). The van der Waals surface area contributed by atoms with Gasteiger partial charge >= 0.3 is 5.97 Å². The Morgan fingerprint density at radius 3 is 2.40 bits per heavy atom. The molecule has 0 aliphatic heterocycles. The second kappa shape index (κ2) is 12.4. The molecule has 3 aromatic rings. The Kier molecular flexibility index (Phi) is 9.34. The zero-order chi connectivity index (χ0) is 25.4. The third kappa shape index (κ3) is 8.16. The van der Waals surface area contributed by atoms with Crippen LogP contribution in [0.2, 0.25) is 0 Å². The molecule has 0 saturated carbocycles. The molecule has 0 aliphatic carbocycles. The van der Waals surface area contributed by atoms with Gasteiger partial charge in [-0.05, 0) is 65.8 Å². The monoisotopic (exact) mass is 482 g/mol. The number of benzene rings is 3. The van der Waals surface area contributed by atoms with Crippen LogP contribution >= 0.6 is 0 Å². The van der Waals surface area contributed by atoms with Crippen molar-refractivity contribution in [3.63, 3.8) is 0 Å². The summed E-state index contributed by atoms with van der Waals surface area (Å²) in [7, 11) is 0. The number of carbonyl (C=O) groups excluding carboxylic acids is 1. The summed E-state index contributed by atoms with van der Waals surface area (Å²) in [6.45, 7) is 4.67. The van der Waals surface area contributed by atoms with Gasteiger partial charge in [-0.25, -0.2) is 8.78 Å². The van der Waals surface area contributed by atoms with E-state index in [2.05, 4.69) is 24.4 Å². The van der Waals surface area contributed by atoms with E-state index in [1.54, 1.807) is 19.1 Å². The van der Waals surface area contributed by atoms with Gasteiger partial charge in [-0.1, -0.05) is 43.3 Å². The van der Waals surface area contributed by atoms with Crippen LogP contribution in [0.25, 0.3) is 0 Å². The first-order valence-corrected chi connectivity index (χ1v) is 11.7. The molecule has 3 aromatic carbocycles. The maximum atomic E-state index is 13.6. The van der Waals surface area contributed by atoms with E-state index in [-0.39, 0.29) is 25.1 Å². The van der Waals surface area contributed by atoms with Gasteiger partial charge in [0.25, 0.3) is 0 Å². The molecule has 7 heteroatoms. The lowest BCUT2D eigenvalue weighted by Crippen LogP contribution is -2.46. The smallest absolute Gasteiger partial charge is 0.310 e. The molecule has 5 nitrogen and oxygen atoms in total. The molecule has 0 amide bonds. The maximum Gasteiger partial charge on any atom is 0.310 e. The summed E-state index contributed by atoms with van der Waals surface area (Å²) in [4.78, 5) is 12.7. The van der Waals surface area contributed by atoms with Crippen molar-refractivity contribution in [2.75, 3.05) is 6.54 Å². The third-order valence-corrected chi connectivity index (χ3v) is 5.85. The van der Waals surface area contributed by atoms with Gasteiger partial charge < -0.3 is 20.9 Å². The van der Waals surface area contributed by atoms with Gasteiger partial charge in [0, 0.05) is 25.2 Å². The molecule has 0 fully saturated rings. The fourth-order valence-electron chi connectivity index (χ4n) is 3.87. The van der Waals surface area contributed by atoms with Crippen LogP contribution in [0.1, 0.15) is 34.7 Å². The van der Waals surface area contributed by atoms with Crippen molar-refractivity contribution >= 4 is 5.97 Å². The second-order valence-corrected chi connectivity index (χ2v) is 8.78. The van der Waals surface area contributed by atoms with Crippen LogP contribution in [0.4, 0.5) is 8.78 Å². The molecule has 0 aromatic heterocycles. The number of rotatable bonds is 11. The molecule has 0 spiro atoms. The predicted octanol–water partition coefficient (Wildman–Crippen LogP) is 4.36. The Hall–Kier alpha value is -3.29. The van der Waals surface area contributed by atoms with Crippen molar-refractivity contribution in [3.05, 3.63) is 100 Å². The normalized spacial score (nSPS) is 12.8. The Labute approximate surface area is 204 Å². The molecule has 0 bridgehead atoms. The van der Waals surface area contributed by atoms with Crippen molar-refractivity contribution in [2.45, 2.75) is 51.8 Å². The zero-order valence-corrected chi connectivity index (χ0v) is 20.1. The number of carbonyl (C=O) groups is 1. The highest BCUT2D eigenvalue weighted by Gasteiger charge is 2.23. The maximum absolute atomic E-state index is 13.6. The molecule has 4 N–H and O–H groups in total. The first kappa shape index (κ1) is 26.3. The Morgan fingerprint density at radius 1 is 1.00 bits per heavy atom. The lowest BCUT2D eigenvalue weighted by Gasteiger charge is -2.25. The molecule has 0 radical (unpaired) electrons. The van der Waals surface area contributed by atoms with Crippen molar-refractivity contribution in [1.82, 2.24) is 5.32 Å². The highest BCUT2D eigenvalue weighted by Crippen LogP contribution is 2.19. The van der Waals surface area contributed by atoms with Crippen molar-refractivity contribution < 1.29 is 23.4 Å². The van der Waals surface area contributed by atoms with E-state index in [4.69, 9.17) is 10.5 Å². The number of phenolic OH excluding ortho intramolecular Hbond substituents is 1. The van der Waals surface area contributed by atoms with Gasteiger partial charge in [-0.2, -0.15) is 0 Å². The Bertz CT molecular complexity index is 1130. The molecule has 35 heavy (non-hydrogen) atoms. The first-order chi connectivity index (χ1) is 16.7. The Balaban J connectivity index is 1.68. The van der Waals surface area contributed by atoms with Gasteiger partial charge in [-0.3, -0.25) is 4.79 Å². The average Bonchev–Trinajstić information content (AvgIpc) is 2.80. The summed E-state index contributed by atoms with van der Waals surface area (Å²) in [5.74, 6) is -1.77. The van der Waals surface area contributed by atoms with Crippen LogP contribution in [-0.2, 0) is 35.3 Å². The van der Waals surface area contributed by atoms with Crippen molar-refractivity contribution in [1.29, 1.82) is 0 Å². The SMILES string of the molecule is CCc1cccc(CNC[C@@H](OC(=O)Cc2ccc(C)c(O)c2)[C@@H](N)Cc2cc(F)cc(F)c2)c1. The summed E-state index contributed by atoms with van der Waals surface area (Å²) in [6.07, 6.45) is 0.287. The number of phenols is 1. The van der Waals surface area contributed by atoms with E-state index in [0.717, 1.165) is 18.1 Å². The fraction of sp³-hybridized carbons (Fsp3) is 0.321. The third-order valence-electron chi connectivity index (χ3n) is 5.85. The quantitative estimate of drug-likeness (QED) is 0.354. The summed E-state index contributed by atoms with van der Waals surface area (Å²) < 4.78 is 33.0. The molecule has 2 atom stereocenters. The summed E-state index contributed by atoms with van der Waals surface area (Å²) in [6, 6.07) is 15.7. The molecular weight excluding hydrogens is 450 g/mol. The van der Waals surface area contributed by atoms with Gasteiger partial charge in [0.05, 0.1) is 6.42 Å². The number of aryl methyl sites for hydroxylation is 2. The predicted molar refractivity (Wildman–Crippen MR) is 132 cm³/mol. The summed E-state index contributed by atoms with van der Waals surface area (Å²) >= 11 is 0. The van der Waals surface area contributed by atoms with E-state index in [1.807, 2.05) is 12.1 Å². The number of hydrogen-bond donors (Lipinski definition) is 3. The topological polar surface area (TPSA) is 84.6 Å². The van der Waals surface area contributed by atoms with E-state index >= 15 is 0 Å². The minimum Gasteiger partial charge on any atom is -0.508 e. The number of ether oxygens (including phenoxy) is 1. The van der Waals surface area contributed by atoms with E-state index in [1.165, 1.54) is 23.8 Å². The van der Waals surface area contributed by atoms with Crippen molar-refractivity contribution in [2.24, 2.45) is 5.73 Å². The number of hydrogen-bond acceptors (Lipinski definition) is 5. The summed E-state index contributed by atoms with van der Waals surface area (Å²) in [5.41, 5.74) is 10.4. The van der Waals surface area contributed by atoms with Crippen LogP contribution < -0.4 is 11.1 Å². The molecular formula is C28H32F2N2O3. The van der Waals surface area contributed by atoms with E-state index in [0.29, 0.717) is 23.2 Å². The second-order valence-electron chi connectivity index (χ2n) is 8.78. The van der Waals surface area contributed by atoms with Crippen LogP contribution in [0.5, 0.6) is 5.75 Å². The van der Waals surface area contributed by atoms with Gasteiger partial charge in [0.15, 0.2) is 0 Å². The van der Waals surface area contributed by atoms with Crippen LogP contribution in [0.15, 0.2) is 60.7 Å². The van der Waals surface area contributed by atoms with Crippen LogP contribution in [-0.4, -0.2) is 29.8 Å². The standard InChI is InChI=1S/C28H32F2N2O3/c1-3-19-5-4-6-21(9-19)16-32-17-27(25(31)12-22-10-23(29)15-24(30)11-22)35-28(34)14-20-8-7-18(2)26(33)13-20/h4-11,13,15,25,27,32-33H,3,12,14,16-17,31H2,1-2H3/t25-,27+/m0/s1. The molecule has 186 valence electrons. The number of halogens is 2. The van der Waals surface area contributed by atoms with Crippen LogP contribution in [0.3, 0.4) is 0 Å². The van der Waals surface area contributed by atoms with Crippen LogP contribution in [0, 0.1) is 18.6 Å². The number of nitrogens with two attached hydrogens (primary N) is 1. The van der Waals surface area contributed by atoms with E-state index < -0.39 is 29.7 Å². The zero-order valence-electron chi connectivity index (χ0n) is 20.1. The van der Waals surface area contributed by atoms with Gasteiger partial charge in [-0.15, -0.1) is 0 Å². The number of nitrogens with one attached hydrogen (secondary N) is 1. The van der Waals surface area contributed by atoms with Gasteiger partial charge in [0.2, 0.25) is 0 Å². The lowest BCUT2D eigenvalue weighted by molar-refractivity contribution is -0.149. The summed E-state index contributed by atoms with van der Waals surface area (Å²) in [5, 5.41) is 13.2. The van der Waals surface area contributed by atoms with Crippen molar-refractivity contribution in [3.8, 4) is 5.75 Å². The molecule has 0 unspecified atom stereocenters. The fourth-order valence-corrected chi connectivity index (χ4v) is 3.87. The minimum absolute atomic E-state index is 0.0375. The van der Waals surface area contributed by atoms with Gasteiger partial charge in [0.1, 0.15) is 23.5 Å².